The second-order valence-electron chi connectivity index (χ2n) is 3.57. The molecule has 2 atom stereocenters. The lowest BCUT2D eigenvalue weighted by molar-refractivity contribution is 0.165. The molecule has 0 saturated carbocycles. The Morgan fingerprint density at radius 2 is 2.29 bits per heavy atom. The minimum atomic E-state index is -1.11. The van der Waals surface area contributed by atoms with E-state index in [1.807, 2.05) is 0 Å². The fourth-order valence-corrected chi connectivity index (χ4v) is 1.80. The van der Waals surface area contributed by atoms with E-state index in [4.69, 9.17) is 15.3 Å². The molecule has 5 nitrogen and oxygen atoms in total. The first-order valence-corrected chi connectivity index (χ1v) is 4.54. The van der Waals surface area contributed by atoms with Gasteiger partial charge in [0.2, 0.25) is 0 Å². The van der Waals surface area contributed by atoms with E-state index in [0.717, 1.165) is 0 Å². The Labute approximate surface area is 82.1 Å². The fraction of sp³-hybridized carbons (Fsp3) is 0.667. The lowest BCUT2D eigenvalue weighted by Gasteiger charge is -2.27. The van der Waals surface area contributed by atoms with Gasteiger partial charge in [-0.25, -0.2) is 4.79 Å². The highest BCUT2D eigenvalue weighted by Gasteiger charge is 2.35. The number of aliphatic hydroxyl groups excluding tert-OH is 2. The Morgan fingerprint density at radius 3 is 2.71 bits per heavy atom. The molecule has 4 N–H and O–H groups in total. The molecule has 5 heteroatoms. The van der Waals surface area contributed by atoms with Gasteiger partial charge in [-0.15, -0.1) is 0 Å². The van der Waals surface area contributed by atoms with Crippen LogP contribution in [-0.4, -0.2) is 40.2 Å². The zero-order valence-corrected chi connectivity index (χ0v) is 7.81. The summed E-state index contributed by atoms with van der Waals surface area (Å²) in [6.07, 6.45) is 3.24. The zero-order chi connectivity index (χ0) is 10.6. The van der Waals surface area contributed by atoms with Crippen LogP contribution in [0.15, 0.2) is 12.2 Å². The van der Waals surface area contributed by atoms with Gasteiger partial charge >= 0.3 is 6.09 Å². The highest BCUT2D eigenvalue weighted by molar-refractivity contribution is 5.66. The molecule has 1 aliphatic rings. The van der Waals surface area contributed by atoms with Crippen LogP contribution in [0, 0.1) is 5.92 Å². The monoisotopic (exact) mass is 201 g/mol. The van der Waals surface area contributed by atoms with E-state index >= 15 is 0 Å². The number of rotatable bonds is 4. The number of carbonyl (C=O) groups is 1. The number of aliphatic hydroxyl groups is 2. The minimum Gasteiger partial charge on any atom is -0.465 e. The summed E-state index contributed by atoms with van der Waals surface area (Å²) < 4.78 is 0. The molecule has 14 heavy (non-hydrogen) atoms. The summed E-state index contributed by atoms with van der Waals surface area (Å²) >= 11 is 0. The van der Waals surface area contributed by atoms with Crippen LogP contribution in [0.5, 0.6) is 0 Å². The topological polar surface area (TPSA) is 89.8 Å². The lowest BCUT2D eigenvalue weighted by atomic mass is 9.92. The molecule has 0 aliphatic heterocycles. The van der Waals surface area contributed by atoms with E-state index in [1.165, 1.54) is 0 Å². The standard InChI is InChI=1S/C9H15NO4/c11-4-3-9(10-8(13)14)2-1-7(5-9)6-12/h1-2,7,10-12H,3-6H2,(H,13,14)/t7-,9-/m1/s1. The Balaban J connectivity index is 2.65. The van der Waals surface area contributed by atoms with E-state index in [2.05, 4.69) is 5.32 Å². The number of nitrogens with one attached hydrogen (secondary N) is 1. The number of hydrogen-bond donors (Lipinski definition) is 4. The molecule has 1 amide bonds. The van der Waals surface area contributed by atoms with Crippen molar-refractivity contribution in [3.05, 3.63) is 12.2 Å². The number of hydrogen-bond acceptors (Lipinski definition) is 3. The van der Waals surface area contributed by atoms with Gasteiger partial charge in [-0.1, -0.05) is 12.2 Å². The van der Waals surface area contributed by atoms with Crippen molar-refractivity contribution < 1.29 is 20.1 Å². The molecule has 0 fully saturated rings. The van der Waals surface area contributed by atoms with Crippen molar-refractivity contribution >= 4 is 6.09 Å². The second kappa shape index (κ2) is 4.43. The number of amides is 1. The molecular weight excluding hydrogens is 186 g/mol. The van der Waals surface area contributed by atoms with E-state index in [-0.39, 0.29) is 19.1 Å². The average Bonchev–Trinajstić information content (AvgIpc) is 2.48. The van der Waals surface area contributed by atoms with Crippen molar-refractivity contribution in [3.8, 4) is 0 Å². The molecule has 1 rings (SSSR count). The normalized spacial score (nSPS) is 30.6. The third kappa shape index (κ3) is 2.46. The quantitative estimate of drug-likeness (QED) is 0.480. The Morgan fingerprint density at radius 1 is 1.57 bits per heavy atom. The van der Waals surface area contributed by atoms with E-state index in [9.17, 15) is 4.79 Å². The van der Waals surface area contributed by atoms with E-state index in [0.29, 0.717) is 12.8 Å². The van der Waals surface area contributed by atoms with Gasteiger partial charge < -0.3 is 20.6 Å². The molecule has 0 saturated heterocycles. The Kier molecular flexibility index (Phi) is 3.49. The maximum Gasteiger partial charge on any atom is 0.405 e. The van der Waals surface area contributed by atoms with Crippen molar-refractivity contribution in [2.24, 2.45) is 5.92 Å². The fourth-order valence-electron chi connectivity index (χ4n) is 1.80. The molecular formula is C9H15NO4. The van der Waals surface area contributed by atoms with Crippen LogP contribution in [0.25, 0.3) is 0 Å². The zero-order valence-electron chi connectivity index (χ0n) is 7.81. The molecule has 0 bridgehead atoms. The van der Waals surface area contributed by atoms with Crippen LogP contribution in [0.4, 0.5) is 4.79 Å². The summed E-state index contributed by atoms with van der Waals surface area (Å²) in [5, 5.41) is 28.8. The molecule has 0 aromatic heterocycles. The van der Waals surface area contributed by atoms with E-state index in [1.54, 1.807) is 12.2 Å². The predicted molar refractivity (Wildman–Crippen MR) is 49.9 cm³/mol. The second-order valence-corrected chi connectivity index (χ2v) is 3.57. The van der Waals surface area contributed by atoms with Crippen LogP contribution in [0.1, 0.15) is 12.8 Å². The number of carboxylic acid groups (broad SMARTS) is 1. The van der Waals surface area contributed by atoms with Crippen LogP contribution in [0.3, 0.4) is 0 Å². The maximum absolute atomic E-state index is 10.5. The van der Waals surface area contributed by atoms with Gasteiger partial charge in [0, 0.05) is 19.1 Å². The Bertz CT molecular complexity index is 241. The largest absolute Gasteiger partial charge is 0.465 e. The summed E-state index contributed by atoms with van der Waals surface area (Å²) in [4.78, 5) is 10.5. The first kappa shape index (κ1) is 11.0. The first-order valence-electron chi connectivity index (χ1n) is 4.54. The molecule has 0 heterocycles. The molecule has 0 spiro atoms. The summed E-state index contributed by atoms with van der Waals surface area (Å²) in [5.74, 6) is -0.0200. The summed E-state index contributed by atoms with van der Waals surface area (Å²) in [6.45, 7) is -0.0756. The van der Waals surface area contributed by atoms with Crippen LogP contribution in [-0.2, 0) is 0 Å². The molecule has 0 radical (unpaired) electrons. The van der Waals surface area contributed by atoms with Crippen LogP contribution >= 0.6 is 0 Å². The van der Waals surface area contributed by atoms with Crippen LogP contribution < -0.4 is 5.32 Å². The van der Waals surface area contributed by atoms with Gasteiger partial charge in [0.1, 0.15) is 0 Å². The van der Waals surface area contributed by atoms with Gasteiger partial charge in [0.05, 0.1) is 5.54 Å². The van der Waals surface area contributed by atoms with Crippen molar-refractivity contribution in [1.29, 1.82) is 0 Å². The SMILES string of the molecule is O=C(O)N[C@@]1(CCO)C=C[C@@H](CO)C1. The van der Waals surface area contributed by atoms with Gasteiger partial charge in [-0.05, 0) is 12.8 Å². The minimum absolute atomic E-state index is 0.00494. The summed E-state index contributed by atoms with van der Waals surface area (Å²) in [7, 11) is 0. The summed E-state index contributed by atoms with van der Waals surface area (Å²) in [5.41, 5.74) is -0.700. The Hall–Kier alpha value is -1.07. The molecule has 0 unspecified atom stereocenters. The average molecular weight is 201 g/mol. The molecule has 1 aliphatic carbocycles. The van der Waals surface area contributed by atoms with Gasteiger partial charge in [0.25, 0.3) is 0 Å². The predicted octanol–water partition coefficient (Wildman–Crippen LogP) is -0.0564. The first-order chi connectivity index (χ1) is 6.62. The summed E-state index contributed by atoms with van der Waals surface area (Å²) in [6, 6.07) is 0. The van der Waals surface area contributed by atoms with Crippen molar-refractivity contribution in [3.63, 3.8) is 0 Å². The highest BCUT2D eigenvalue weighted by atomic mass is 16.4. The van der Waals surface area contributed by atoms with Gasteiger partial charge in [0.15, 0.2) is 0 Å². The van der Waals surface area contributed by atoms with Crippen LogP contribution in [0.2, 0.25) is 0 Å². The lowest BCUT2D eigenvalue weighted by Crippen LogP contribution is -2.46. The van der Waals surface area contributed by atoms with Gasteiger partial charge in [-0.2, -0.15) is 0 Å². The van der Waals surface area contributed by atoms with E-state index < -0.39 is 11.6 Å². The maximum atomic E-state index is 10.5. The van der Waals surface area contributed by atoms with Crippen molar-refractivity contribution in [1.82, 2.24) is 5.32 Å². The third-order valence-corrected chi connectivity index (χ3v) is 2.46. The molecule has 0 aromatic rings. The van der Waals surface area contributed by atoms with Crippen molar-refractivity contribution in [2.75, 3.05) is 13.2 Å². The molecule has 0 aromatic carbocycles. The highest BCUT2D eigenvalue weighted by Crippen LogP contribution is 2.30. The van der Waals surface area contributed by atoms with Gasteiger partial charge in [-0.3, -0.25) is 0 Å². The third-order valence-electron chi connectivity index (χ3n) is 2.46. The smallest absolute Gasteiger partial charge is 0.405 e. The molecule has 80 valence electrons. The van der Waals surface area contributed by atoms with Crippen molar-refractivity contribution in [2.45, 2.75) is 18.4 Å².